The molecule has 1 atom stereocenters. The lowest BCUT2D eigenvalue weighted by Gasteiger charge is -2.22. The predicted octanol–water partition coefficient (Wildman–Crippen LogP) is 0.474. The van der Waals surface area contributed by atoms with Crippen molar-refractivity contribution in [3.05, 3.63) is 0 Å². The molecule has 1 amide bonds. The van der Waals surface area contributed by atoms with Crippen LogP contribution in [0.2, 0.25) is 0 Å². The zero-order valence-corrected chi connectivity index (χ0v) is 9.15. The molecular formula is C10H19NO4. The third kappa shape index (κ3) is 4.05. The summed E-state index contributed by atoms with van der Waals surface area (Å²) in [6, 6.07) is 0. The highest BCUT2D eigenvalue weighted by Gasteiger charge is 2.22. The van der Waals surface area contributed by atoms with E-state index in [4.69, 9.17) is 14.6 Å². The first kappa shape index (κ1) is 12.3. The molecule has 0 aromatic heterocycles. The maximum absolute atomic E-state index is 11.5. The Kier molecular flexibility index (Phi) is 5.42. The molecule has 1 unspecified atom stereocenters. The van der Waals surface area contributed by atoms with E-state index < -0.39 is 0 Å². The van der Waals surface area contributed by atoms with Gasteiger partial charge >= 0.3 is 6.09 Å². The van der Waals surface area contributed by atoms with Gasteiger partial charge in [-0.15, -0.1) is 0 Å². The molecule has 1 heterocycles. The van der Waals surface area contributed by atoms with Gasteiger partial charge in [-0.3, -0.25) is 0 Å². The molecule has 0 saturated carbocycles. The van der Waals surface area contributed by atoms with Crippen LogP contribution in [0.15, 0.2) is 0 Å². The molecule has 0 bridgehead atoms. The van der Waals surface area contributed by atoms with Crippen molar-refractivity contribution >= 4 is 6.09 Å². The van der Waals surface area contributed by atoms with E-state index in [1.807, 2.05) is 6.92 Å². The highest BCUT2D eigenvalue weighted by atomic mass is 16.6. The lowest BCUT2D eigenvalue weighted by Crippen LogP contribution is -2.36. The molecule has 1 N–H and O–H groups in total. The summed E-state index contributed by atoms with van der Waals surface area (Å²) in [5.41, 5.74) is 0. The fourth-order valence-electron chi connectivity index (χ4n) is 1.60. The number of aliphatic hydroxyl groups is 1. The summed E-state index contributed by atoms with van der Waals surface area (Å²) in [5.74, 6) is 0.423. The Bertz CT molecular complexity index is 192. The third-order valence-electron chi connectivity index (χ3n) is 2.46. The highest BCUT2D eigenvalue weighted by molar-refractivity contribution is 5.67. The number of amides is 1. The summed E-state index contributed by atoms with van der Waals surface area (Å²) in [5, 5.41) is 8.54. The van der Waals surface area contributed by atoms with E-state index in [-0.39, 0.29) is 19.3 Å². The number of nitrogens with zero attached hydrogens (tertiary/aromatic N) is 1. The number of carbonyl (C=O) groups excluding carboxylic acids is 1. The van der Waals surface area contributed by atoms with Gasteiger partial charge in [-0.1, -0.05) is 0 Å². The van der Waals surface area contributed by atoms with Crippen molar-refractivity contribution in [3.63, 3.8) is 0 Å². The van der Waals surface area contributed by atoms with Gasteiger partial charge in [0.15, 0.2) is 0 Å². The van der Waals surface area contributed by atoms with E-state index in [1.165, 1.54) is 0 Å². The van der Waals surface area contributed by atoms with Crippen LogP contribution in [0.3, 0.4) is 0 Å². The first-order valence-electron chi connectivity index (χ1n) is 5.38. The van der Waals surface area contributed by atoms with Gasteiger partial charge in [0.1, 0.15) is 6.61 Å². The maximum atomic E-state index is 11.5. The lowest BCUT2D eigenvalue weighted by atomic mass is 10.1. The monoisotopic (exact) mass is 217 g/mol. The second-order valence-corrected chi connectivity index (χ2v) is 3.61. The highest BCUT2D eigenvalue weighted by Crippen LogP contribution is 2.14. The molecule has 0 radical (unpaired) electrons. The molecule has 1 saturated heterocycles. The minimum atomic E-state index is -0.349. The van der Waals surface area contributed by atoms with E-state index in [2.05, 4.69) is 0 Å². The fourth-order valence-corrected chi connectivity index (χ4v) is 1.60. The van der Waals surface area contributed by atoms with Crippen molar-refractivity contribution in [2.45, 2.75) is 13.3 Å². The average molecular weight is 217 g/mol. The first-order chi connectivity index (χ1) is 7.27. The van der Waals surface area contributed by atoms with Crippen LogP contribution in [0.1, 0.15) is 13.3 Å². The normalized spacial score (nSPS) is 20.3. The van der Waals surface area contributed by atoms with Crippen molar-refractivity contribution in [3.8, 4) is 0 Å². The second kappa shape index (κ2) is 6.63. The van der Waals surface area contributed by atoms with Gasteiger partial charge in [-0.05, 0) is 13.3 Å². The Labute approximate surface area is 90.0 Å². The zero-order chi connectivity index (χ0) is 11.1. The van der Waals surface area contributed by atoms with Crippen molar-refractivity contribution in [2.24, 2.45) is 5.92 Å². The summed E-state index contributed by atoms with van der Waals surface area (Å²) in [6.45, 7) is 4.67. The Balaban J connectivity index is 2.29. The Morgan fingerprint density at radius 1 is 1.67 bits per heavy atom. The predicted molar refractivity (Wildman–Crippen MR) is 54.6 cm³/mol. The maximum Gasteiger partial charge on any atom is 0.409 e. The smallest absolute Gasteiger partial charge is 0.409 e. The topological polar surface area (TPSA) is 59.0 Å². The fraction of sp³-hybridized carbons (Fsp3) is 0.900. The molecular weight excluding hydrogens is 198 g/mol. The van der Waals surface area contributed by atoms with Crippen LogP contribution in [-0.4, -0.2) is 55.6 Å². The largest absolute Gasteiger partial charge is 0.447 e. The molecule has 1 aliphatic rings. The molecule has 0 aromatic rings. The Morgan fingerprint density at radius 2 is 2.47 bits per heavy atom. The number of carbonyl (C=O) groups is 1. The number of aliphatic hydroxyl groups excluding tert-OH is 1. The van der Waals surface area contributed by atoms with Crippen LogP contribution >= 0.6 is 0 Å². The van der Waals surface area contributed by atoms with Crippen LogP contribution in [-0.2, 0) is 9.47 Å². The zero-order valence-electron chi connectivity index (χ0n) is 9.15. The SMILES string of the molecule is CCN(CC1CCOC1)C(=O)OCCO. The van der Waals surface area contributed by atoms with E-state index in [9.17, 15) is 4.79 Å². The second-order valence-electron chi connectivity index (χ2n) is 3.61. The molecule has 88 valence electrons. The summed E-state index contributed by atoms with van der Waals surface area (Å²) >= 11 is 0. The quantitative estimate of drug-likeness (QED) is 0.727. The molecule has 1 aliphatic heterocycles. The summed E-state index contributed by atoms with van der Waals surface area (Å²) in [6.07, 6.45) is 0.655. The van der Waals surface area contributed by atoms with Gasteiger partial charge in [-0.2, -0.15) is 0 Å². The molecule has 15 heavy (non-hydrogen) atoms. The molecule has 5 nitrogen and oxygen atoms in total. The number of hydrogen-bond donors (Lipinski definition) is 1. The van der Waals surface area contributed by atoms with Crippen LogP contribution in [0.25, 0.3) is 0 Å². The van der Waals surface area contributed by atoms with Crippen LogP contribution in [0.4, 0.5) is 4.79 Å². The van der Waals surface area contributed by atoms with E-state index in [0.717, 1.165) is 19.6 Å². The summed E-state index contributed by atoms with van der Waals surface area (Å²) in [7, 11) is 0. The van der Waals surface area contributed by atoms with E-state index in [0.29, 0.717) is 19.0 Å². The summed E-state index contributed by atoms with van der Waals surface area (Å²) in [4.78, 5) is 13.1. The van der Waals surface area contributed by atoms with Crippen LogP contribution in [0.5, 0.6) is 0 Å². The van der Waals surface area contributed by atoms with Crippen LogP contribution in [0, 0.1) is 5.92 Å². The van der Waals surface area contributed by atoms with Gasteiger partial charge < -0.3 is 19.5 Å². The lowest BCUT2D eigenvalue weighted by molar-refractivity contribution is 0.0796. The van der Waals surface area contributed by atoms with Gasteiger partial charge in [0, 0.05) is 25.6 Å². The molecule has 0 spiro atoms. The van der Waals surface area contributed by atoms with Crippen molar-refractivity contribution in [1.82, 2.24) is 4.90 Å². The van der Waals surface area contributed by atoms with Gasteiger partial charge in [0.25, 0.3) is 0 Å². The number of hydrogen-bond acceptors (Lipinski definition) is 4. The minimum absolute atomic E-state index is 0.0660. The van der Waals surface area contributed by atoms with Gasteiger partial charge in [0.05, 0.1) is 13.2 Å². The molecule has 0 aliphatic carbocycles. The molecule has 1 rings (SSSR count). The number of rotatable bonds is 5. The summed E-state index contributed by atoms with van der Waals surface area (Å²) < 4.78 is 10.1. The van der Waals surface area contributed by atoms with Crippen molar-refractivity contribution < 1.29 is 19.4 Å². The van der Waals surface area contributed by atoms with E-state index in [1.54, 1.807) is 4.90 Å². The third-order valence-corrected chi connectivity index (χ3v) is 2.46. The van der Waals surface area contributed by atoms with Gasteiger partial charge in [-0.25, -0.2) is 4.79 Å². The van der Waals surface area contributed by atoms with Crippen LogP contribution < -0.4 is 0 Å². The van der Waals surface area contributed by atoms with Crippen molar-refractivity contribution in [2.75, 3.05) is 39.5 Å². The van der Waals surface area contributed by atoms with Gasteiger partial charge in [0.2, 0.25) is 0 Å². The average Bonchev–Trinajstić information content (AvgIpc) is 2.75. The Hall–Kier alpha value is -0.810. The minimum Gasteiger partial charge on any atom is -0.447 e. The van der Waals surface area contributed by atoms with E-state index >= 15 is 0 Å². The molecule has 0 aromatic carbocycles. The molecule has 5 heteroatoms. The Morgan fingerprint density at radius 3 is 3.00 bits per heavy atom. The molecule has 1 fully saturated rings. The standard InChI is InChI=1S/C10H19NO4/c1-2-11(10(13)15-6-4-12)7-9-3-5-14-8-9/h9,12H,2-8H2,1H3. The first-order valence-corrected chi connectivity index (χ1v) is 5.38. The van der Waals surface area contributed by atoms with Crippen molar-refractivity contribution in [1.29, 1.82) is 0 Å². The number of ether oxygens (including phenoxy) is 2.